The van der Waals surface area contributed by atoms with E-state index in [-0.39, 0.29) is 10.8 Å². The van der Waals surface area contributed by atoms with Gasteiger partial charge in [-0.05, 0) is 34.9 Å². The Kier molecular flexibility index (Phi) is 3.74. The molecular formula is C12H22B5NO2. The maximum atomic E-state index is 5.81. The Hall–Kier alpha value is -0.895. The summed E-state index contributed by atoms with van der Waals surface area (Å²) in [6.45, 7) is 4.42. The predicted octanol–water partition coefficient (Wildman–Crippen LogP) is -3.24. The molecule has 0 amide bonds. The fourth-order valence-electron chi connectivity index (χ4n) is 2.95. The number of hydrogen-bond acceptors (Lipinski definition) is 3. The molecule has 8 heteroatoms. The fraction of sp³-hybridized carbons (Fsp3) is 0.500. The van der Waals surface area contributed by atoms with Gasteiger partial charge in [-0.15, -0.1) is 0 Å². The third-order valence-electron chi connectivity index (χ3n) is 3.08. The van der Waals surface area contributed by atoms with Gasteiger partial charge in [-0.2, -0.15) is 0 Å². The first-order valence-corrected chi connectivity index (χ1v) is 7.26. The molecule has 1 aliphatic rings. The monoisotopic (exact) mass is 267 g/mol. The highest BCUT2D eigenvalue weighted by Crippen LogP contribution is 2.38. The molecular weight excluding hydrogens is 244 g/mol. The van der Waals surface area contributed by atoms with Crippen molar-refractivity contribution in [2.75, 3.05) is 0 Å². The number of nitrogens with one attached hydrogen (secondary N) is 1. The van der Waals surface area contributed by atoms with Gasteiger partial charge in [0, 0.05) is 0 Å². The molecule has 1 unspecified atom stereocenters. The molecule has 1 N–H and O–H groups in total. The molecule has 0 aliphatic carbocycles. The van der Waals surface area contributed by atoms with Crippen LogP contribution in [-0.2, 0) is 6.42 Å². The van der Waals surface area contributed by atoms with Gasteiger partial charge in [0.1, 0.15) is 23.5 Å². The Bertz CT molecular complexity index is 513. The van der Waals surface area contributed by atoms with E-state index >= 15 is 0 Å². The first-order valence-electron chi connectivity index (χ1n) is 7.26. The molecule has 1 aliphatic heterocycles. The fourth-order valence-corrected chi connectivity index (χ4v) is 2.95. The summed E-state index contributed by atoms with van der Waals surface area (Å²) in [5, 5.41) is 3.75. The van der Waals surface area contributed by atoms with Crippen LogP contribution in [0.5, 0.6) is 11.5 Å². The van der Waals surface area contributed by atoms with Crippen molar-refractivity contribution in [3.05, 3.63) is 23.8 Å². The van der Waals surface area contributed by atoms with Gasteiger partial charge in [0.05, 0.1) is 0 Å². The van der Waals surface area contributed by atoms with Crippen molar-refractivity contribution >= 4 is 39.2 Å². The van der Waals surface area contributed by atoms with Crippen molar-refractivity contribution in [3.63, 3.8) is 0 Å². The molecule has 1 aromatic carbocycles. The second kappa shape index (κ2) is 4.83. The third-order valence-corrected chi connectivity index (χ3v) is 3.08. The number of hydrogen-bond donors (Lipinski definition) is 1. The smallest absolute Gasteiger partial charge is 0.197 e. The maximum Gasteiger partial charge on any atom is 0.197 e. The SMILES string of the molecule is BC(B)(C)NC(B)(C)Cc1ccc2c(c1)OC(B)(B)O2. The van der Waals surface area contributed by atoms with Crippen LogP contribution in [0.2, 0.25) is 0 Å². The van der Waals surface area contributed by atoms with Crippen LogP contribution in [0.15, 0.2) is 18.2 Å². The van der Waals surface area contributed by atoms with E-state index in [0.717, 1.165) is 17.9 Å². The average molecular weight is 266 g/mol. The van der Waals surface area contributed by atoms with Gasteiger partial charge in [0.2, 0.25) is 0 Å². The molecule has 0 saturated carbocycles. The van der Waals surface area contributed by atoms with E-state index in [2.05, 4.69) is 54.8 Å². The molecule has 1 heterocycles. The van der Waals surface area contributed by atoms with Crippen LogP contribution < -0.4 is 14.8 Å². The van der Waals surface area contributed by atoms with E-state index in [1.165, 1.54) is 5.56 Å². The van der Waals surface area contributed by atoms with Crippen LogP contribution in [0.3, 0.4) is 0 Å². The highest BCUT2D eigenvalue weighted by molar-refractivity contribution is 6.40. The molecule has 20 heavy (non-hydrogen) atoms. The minimum atomic E-state index is -0.555. The van der Waals surface area contributed by atoms with Crippen molar-refractivity contribution in [2.24, 2.45) is 0 Å². The minimum absolute atomic E-state index is 0.0292. The summed E-state index contributed by atoms with van der Waals surface area (Å²) in [5.41, 5.74) is 0.730. The molecule has 2 rings (SSSR count). The Morgan fingerprint density at radius 3 is 2.30 bits per heavy atom. The summed E-state index contributed by atoms with van der Waals surface area (Å²) in [5.74, 6) is 1.68. The summed E-state index contributed by atoms with van der Waals surface area (Å²) in [6.07, 6.45) is 0.946. The molecule has 1 aromatic rings. The molecule has 0 radical (unpaired) electrons. The Balaban J connectivity index is 2.13. The molecule has 0 saturated heterocycles. The van der Waals surface area contributed by atoms with Gasteiger partial charge in [0.25, 0.3) is 0 Å². The highest BCUT2D eigenvalue weighted by Gasteiger charge is 2.31. The van der Waals surface area contributed by atoms with Crippen LogP contribution in [-0.4, -0.2) is 55.6 Å². The molecule has 0 fully saturated rings. The second-order valence-corrected chi connectivity index (χ2v) is 7.82. The van der Waals surface area contributed by atoms with Gasteiger partial charge in [0.15, 0.2) is 32.8 Å². The summed E-state index contributed by atoms with van der Waals surface area (Å²) < 4.78 is 11.5. The Morgan fingerprint density at radius 1 is 1.10 bits per heavy atom. The Morgan fingerprint density at radius 2 is 1.70 bits per heavy atom. The van der Waals surface area contributed by atoms with Crippen LogP contribution in [0.1, 0.15) is 19.4 Å². The van der Waals surface area contributed by atoms with E-state index < -0.39 is 5.59 Å². The quantitative estimate of drug-likeness (QED) is 0.581. The van der Waals surface area contributed by atoms with E-state index in [4.69, 9.17) is 9.47 Å². The molecule has 1 atom stereocenters. The molecule has 0 spiro atoms. The highest BCUT2D eigenvalue weighted by atomic mass is 16.7. The number of fused-ring (bicyclic) bond motifs is 1. The summed E-state index contributed by atoms with van der Waals surface area (Å²) in [7, 11) is 10.5. The first-order chi connectivity index (χ1) is 8.96. The Labute approximate surface area is 126 Å². The molecule has 0 bridgehead atoms. The number of ether oxygens (including phenoxy) is 2. The number of benzene rings is 1. The second-order valence-electron chi connectivity index (χ2n) is 7.82. The number of rotatable bonds is 4. The maximum absolute atomic E-state index is 5.81. The summed E-state index contributed by atoms with van der Waals surface area (Å²) in [4.78, 5) is 0. The predicted molar refractivity (Wildman–Crippen MR) is 96.8 cm³/mol. The van der Waals surface area contributed by atoms with Crippen molar-refractivity contribution in [1.82, 2.24) is 5.32 Å². The summed E-state index contributed by atoms with van der Waals surface area (Å²) >= 11 is 0. The molecule has 0 aromatic heterocycles. The van der Waals surface area contributed by atoms with Crippen LogP contribution in [0.4, 0.5) is 0 Å². The zero-order valence-corrected chi connectivity index (χ0v) is 13.8. The molecule has 102 valence electrons. The lowest BCUT2D eigenvalue weighted by Crippen LogP contribution is -2.57. The summed E-state index contributed by atoms with van der Waals surface area (Å²) in [6, 6.07) is 6.22. The van der Waals surface area contributed by atoms with Crippen LogP contribution in [0, 0.1) is 0 Å². The topological polar surface area (TPSA) is 30.5 Å². The first kappa shape index (κ1) is 15.5. The lowest BCUT2D eigenvalue weighted by molar-refractivity contribution is 0.0833. The lowest BCUT2D eigenvalue weighted by atomic mass is 9.60. The lowest BCUT2D eigenvalue weighted by Gasteiger charge is -2.35. The van der Waals surface area contributed by atoms with E-state index in [0.29, 0.717) is 0 Å². The van der Waals surface area contributed by atoms with Crippen molar-refractivity contribution in [2.45, 2.75) is 36.6 Å². The van der Waals surface area contributed by atoms with Gasteiger partial charge in [-0.25, -0.2) is 0 Å². The van der Waals surface area contributed by atoms with Crippen molar-refractivity contribution in [1.29, 1.82) is 0 Å². The standard InChI is InChI=1S/C12H22B5NO2/c1-10(13,18-11(2,14)15)6-7-3-4-8-9(5-7)20-12(16,17)19-8/h3-5,18H,6,13-17H2,1-2H3. The zero-order valence-electron chi connectivity index (χ0n) is 13.8. The van der Waals surface area contributed by atoms with Crippen molar-refractivity contribution < 1.29 is 9.47 Å². The average Bonchev–Trinajstić information content (AvgIpc) is 2.46. The van der Waals surface area contributed by atoms with Crippen molar-refractivity contribution in [3.8, 4) is 11.5 Å². The molecule has 3 nitrogen and oxygen atoms in total. The van der Waals surface area contributed by atoms with Gasteiger partial charge < -0.3 is 14.8 Å². The normalized spacial score (nSPS) is 19.5. The van der Waals surface area contributed by atoms with E-state index in [1.807, 2.05) is 21.8 Å². The van der Waals surface area contributed by atoms with E-state index in [9.17, 15) is 0 Å². The third kappa shape index (κ3) is 4.05. The van der Waals surface area contributed by atoms with Gasteiger partial charge >= 0.3 is 0 Å². The van der Waals surface area contributed by atoms with Crippen LogP contribution >= 0.6 is 0 Å². The largest absolute Gasteiger partial charge is 0.467 e. The van der Waals surface area contributed by atoms with E-state index in [1.54, 1.807) is 0 Å². The zero-order chi connectivity index (χ0) is 15.2. The van der Waals surface area contributed by atoms with Gasteiger partial charge in [-0.1, -0.05) is 19.9 Å². The minimum Gasteiger partial charge on any atom is -0.467 e. The van der Waals surface area contributed by atoms with Gasteiger partial charge in [-0.3, -0.25) is 0 Å². The van der Waals surface area contributed by atoms with Crippen LogP contribution in [0.25, 0.3) is 0 Å².